The maximum absolute atomic E-state index is 12.7. The quantitative estimate of drug-likeness (QED) is 0.594. The molecule has 0 aliphatic carbocycles. The second-order valence-electron chi connectivity index (χ2n) is 5.50. The Hall–Kier alpha value is -1.91. The average Bonchev–Trinajstić information content (AvgIpc) is 3.14. The summed E-state index contributed by atoms with van der Waals surface area (Å²) in [6.45, 7) is 2.14. The van der Waals surface area contributed by atoms with Gasteiger partial charge in [0.2, 0.25) is 0 Å². The molecule has 1 heterocycles. The molecular weight excluding hydrogens is 382 g/mol. The highest BCUT2D eigenvalue weighted by Gasteiger charge is 2.19. The van der Waals surface area contributed by atoms with Gasteiger partial charge in [0.15, 0.2) is 0 Å². The summed E-state index contributed by atoms with van der Waals surface area (Å²) in [5, 5.41) is 5.21. The van der Waals surface area contributed by atoms with E-state index in [4.69, 9.17) is 0 Å². The van der Waals surface area contributed by atoms with Crippen molar-refractivity contribution in [3.05, 3.63) is 92.1 Å². The van der Waals surface area contributed by atoms with E-state index < -0.39 is 0 Å². The molecule has 3 aromatic rings. The predicted molar refractivity (Wildman–Crippen MR) is 104 cm³/mol. The van der Waals surface area contributed by atoms with Gasteiger partial charge in [-0.2, -0.15) is 0 Å². The Morgan fingerprint density at radius 3 is 2.46 bits per heavy atom. The molecule has 0 spiro atoms. The molecule has 0 bridgehead atoms. The number of halogens is 1. The number of aryl methyl sites for hydroxylation is 1. The molecule has 1 aromatic heterocycles. The van der Waals surface area contributed by atoms with Crippen LogP contribution in [0.25, 0.3) is 0 Å². The molecule has 24 heavy (non-hydrogen) atoms. The van der Waals surface area contributed by atoms with Gasteiger partial charge in [0, 0.05) is 9.35 Å². The monoisotopic (exact) mass is 399 g/mol. The molecule has 0 fully saturated rings. The molecule has 1 amide bonds. The third kappa shape index (κ3) is 3.77. The van der Waals surface area contributed by atoms with Gasteiger partial charge >= 0.3 is 0 Å². The zero-order valence-electron chi connectivity index (χ0n) is 13.3. The fourth-order valence-corrected chi connectivity index (χ4v) is 3.84. The molecule has 0 aliphatic rings. The lowest BCUT2D eigenvalue weighted by atomic mass is 10.0. The van der Waals surface area contributed by atoms with Gasteiger partial charge in [0.1, 0.15) is 0 Å². The summed E-state index contributed by atoms with van der Waals surface area (Å²) in [5.74, 6) is -0.0829. The standard InChI is InChI=1S/C20H18BrNOS/c1-2-14-9-11-15(12-10-14)19(18-8-5-13-24-18)22-20(23)16-6-3-4-7-17(16)21/h3-13,19H,2H2,1H3,(H,22,23)/t19-/m1/s1. The van der Waals surface area contributed by atoms with E-state index in [9.17, 15) is 4.79 Å². The minimum absolute atomic E-state index is 0.0829. The highest BCUT2D eigenvalue weighted by atomic mass is 79.9. The zero-order valence-corrected chi connectivity index (χ0v) is 15.7. The Labute approximate surface area is 154 Å². The topological polar surface area (TPSA) is 29.1 Å². The van der Waals surface area contributed by atoms with Crippen molar-refractivity contribution in [1.82, 2.24) is 5.32 Å². The number of hydrogen-bond donors (Lipinski definition) is 1. The van der Waals surface area contributed by atoms with Crippen molar-refractivity contribution in [2.45, 2.75) is 19.4 Å². The molecule has 0 radical (unpaired) electrons. The minimum atomic E-state index is -0.143. The highest BCUT2D eigenvalue weighted by molar-refractivity contribution is 9.10. The van der Waals surface area contributed by atoms with Gasteiger partial charge in [-0.05, 0) is 57.1 Å². The van der Waals surface area contributed by atoms with E-state index in [2.05, 4.69) is 58.5 Å². The van der Waals surface area contributed by atoms with E-state index in [1.807, 2.05) is 35.7 Å². The maximum atomic E-state index is 12.7. The summed E-state index contributed by atoms with van der Waals surface area (Å²) in [7, 11) is 0. The van der Waals surface area contributed by atoms with Crippen LogP contribution in [0, 0.1) is 0 Å². The number of benzene rings is 2. The number of thiophene rings is 1. The van der Waals surface area contributed by atoms with E-state index in [-0.39, 0.29) is 11.9 Å². The number of hydrogen-bond acceptors (Lipinski definition) is 2. The van der Waals surface area contributed by atoms with Gasteiger partial charge in [-0.25, -0.2) is 0 Å². The largest absolute Gasteiger partial charge is 0.340 e. The highest BCUT2D eigenvalue weighted by Crippen LogP contribution is 2.27. The minimum Gasteiger partial charge on any atom is -0.340 e. The smallest absolute Gasteiger partial charge is 0.253 e. The SMILES string of the molecule is CCc1ccc([C@@H](NC(=O)c2ccccc2Br)c2cccs2)cc1. The molecular formula is C20H18BrNOS. The van der Waals surface area contributed by atoms with E-state index in [0.29, 0.717) is 5.56 Å². The molecule has 2 nitrogen and oxygen atoms in total. The normalized spacial score (nSPS) is 11.9. The molecule has 1 atom stereocenters. The lowest BCUT2D eigenvalue weighted by Crippen LogP contribution is -2.29. The van der Waals surface area contributed by atoms with E-state index >= 15 is 0 Å². The lowest BCUT2D eigenvalue weighted by molar-refractivity contribution is 0.0942. The summed E-state index contributed by atoms with van der Waals surface area (Å²) >= 11 is 5.10. The second-order valence-corrected chi connectivity index (χ2v) is 7.33. The molecule has 0 unspecified atom stereocenters. The third-order valence-corrected chi connectivity index (χ3v) is 5.57. The lowest BCUT2D eigenvalue weighted by Gasteiger charge is -2.19. The van der Waals surface area contributed by atoms with E-state index in [0.717, 1.165) is 21.3 Å². The van der Waals surface area contributed by atoms with Crippen molar-refractivity contribution in [3.8, 4) is 0 Å². The summed E-state index contributed by atoms with van der Waals surface area (Å²) < 4.78 is 0.800. The van der Waals surface area contributed by atoms with Crippen LogP contribution in [0.2, 0.25) is 0 Å². The fourth-order valence-electron chi connectivity index (χ4n) is 2.57. The van der Waals surface area contributed by atoms with Crippen LogP contribution in [0.1, 0.15) is 39.3 Å². The van der Waals surface area contributed by atoms with Crippen molar-refractivity contribution in [3.63, 3.8) is 0 Å². The Kier molecular flexibility index (Phi) is 5.48. The van der Waals surface area contributed by atoms with Crippen LogP contribution in [0.15, 0.2) is 70.5 Å². The fraction of sp³-hybridized carbons (Fsp3) is 0.150. The van der Waals surface area contributed by atoms with Crippen molar-refractivity contribution in [1.29, 1.82) is 0 Å². The Bertz CT molecular complexity index is 812. The van der Waals surface area contributed by atoms with Crippen molar-refractivity contribution < 1.29 is 4.79 Å². The van der Waals surface area contributed by atoms with Crippen LogP contribution in [0.4, 0.5) is 0 Å². The zero-order chi connectivity index (χ0) is 16.9. The molecule has 3 rings (SSSR count). The van der Waals surface area contributed by atoms with Gasteiger partial charge in [-0.1, -0.05) is 49.4 Å². The first-order chi connectivity index (χ1) is 11.7. The van der Waals surface area contributed by atoms with Crippen LogP contribution in [-0.2, 0) is 6.42 Å². The van der Waals surface area contributed by atoms with Crippen LogP contribution in [0.3, 0.4) is 0 Å². The number of amides is 1. The molecule has 0 aliphatic heterocycles. The van der Waals surface area contributed by atoms with Gasteiger partial charge in [-0.3, -0.25) is 4.79 Å². The summed E-state index contributed by atoms with van der Waals surface area (Å²) in [6.07, 6.45) is 1.01. The van der Waals surface area contributed by atoms with Crippen LogP contribution in [-0.4, -0.2) is 5.91 Å². The maximum Gasteiger partial charge on any atom is 0.253 e. The van der Waals surface area contributed by atoms with Gasteiger partial charge in [-0.15, -0.1) is 11.3 Å². The molecule has 122 valence electrons. The predicted octanol–water partition coefficient (Wildman–Crippen LogP) is 5.59. The Morgan fingerprint density at radius 2 is 1.83 bits per heavy atom. The molecule has 4 heteroatoms. The number of carbonyl (C=O) groups excluding carboxylic acids is 1. The molecule has 0 saturated heterocycles. The first-order valence-corrected chi connectivity index (χ1v) is 9.54. The van der Waals surface area contributed by atoms with Crippen LogP contribution < -0.4 is 5.32 Å². The number of nitrogens with one attached hydrogen (secondary N) is 1. The van der Waals surface area contributed by atoms with E-state index in [1.54, 1.807) is 11.3 Å². The van der Waals surface area contributed by atoms with Crippen LogP contribution in [0.5, 0.6) is 0 Å². The summed E-state index contributed by atoms with van der Waals surface area (Å²) in [6, 6.07) is 19.9. The van der Waals surface area contributed by atoms with Crippen molar-refractivity contribution in [2.24, 2.45) is 0 Å². The van der Waals surface area contributed by atoms with Crippen molar-refractivity contribution in [2.75, 3.05) is 0 Å². The van der Waals surface area contributed by atoms with Gasteiger partial charge < -0.3 is 5.32 Å². The third-order valence-electron chi connectivity index (χ3n) is 3.94. The second kappa shape index (κ2) is 7.77. The van der Waals surface area contributed by atoms with Gasteiger partial charge in [0.05, 0.1) is 11.6 Å². The summed E-state index contributed by atoms with van der Waals surface area (Å²) in [4.78, 5) is 13.9. The first-order valence-electron chi connectivity index (χ1n) is 7.86. The molecule has 0 saturated carbocycles. The van der Waals surface area contributed by atoms with Gasteiger partial charge in [0.25, 0.3) is 5.91 Å². The summed E-state index contributed by atoms with van der Waals surface area (Å²) in [5.41, 5.74) is 3.03. The number of rotatable bonds is 5. The van der Waals surface area contributed by atoms with E-state index in [1.165, 1.54) is 5.56 Å². The van der Waals surface area contributed by atoms with Crippen LogP contribution >= 0.6 is 27.3 Å². The Morgan fingerprint density at radius 1 is 1.08 bits per heavy atom. The Balaban J connectivity index is 1.91. The first kappa shape index (κ1) is 16.9. The van der Waals surface area contributed by atoms with Crippen molar-refractivity contribution >= 4 is 33.2 Å². The molecule has 1 N–H and O–H groups in total. The molecule has 2 aromatic carbocycles. The number of carbonyl (C=O) groups is 1. The average molecular weight is 400 g/mol.